The molecule has 0 saturated heterocycles. The normalized spacial score (nSPS) is 30.2. The van der Waals surface area contributed by atoms with Crippen molar-refractivity contribution >= 4 is 5.78 Å². The molecule has 0 aromatic heterocycles. The molecule has 20 heavy (non-hydrogen) atoms. The Morgan fingerprint density at radius 3 is 3.10 bits per heavy atom. The third kappa shape index (κ3) is 1.43. The molecular weight excluding hydrogens is 252 g/mol. The van der Waals surface area contributed by atoms with Crippen LogP contribution in [-0.2, 0) is 16.6 Å². The molecule has 1 heterocycles. The Balaban J connectivity index is 1.98. The van der Waals surface area contributed by atoms with E-state index in [0.29, 0.717) is 6.42 Å². The van der Waals surface area contributed by atoms with E-state index in [1.54, 1.807) is 13.2 Å². The summed E-state index contributed by atoms with van der Waals surface area (Å²) < 4.78 is 11.6. The smallest absolute Gasteiger partial charge is 0.166 e. The molecule has 3 aliphatic rings. The summed E-state index contributed by atoms with van der Waals surface area (Å²) in [6.07, 6.45) is 8.81. The maximum atomic E-state index is 11.8. The van der Waals surface area contributed by atoms with Crippen molar-refractivity contribution in [3.8, 4) is 11.5 Å². The Morgan fingerprint density at radius 1 is 1.35 bits per heavy atom. The van der Waals surface area contributed by atoms with E-state index in [4.69, 9.17) is 9.47 Å². The van der Waals surface area contributed by atoms with E-state index < -0.39 is 0 Å². The number of rotatable bonds is 1. The van der Waals surface area contributed by atoms with Crippen molar-refractivity contribution in [1.82, 2.24) is 0 Å². The summed E-state index contributed by atoms with van der Waals surface area (Å²) in [5.41, 5.74) is 2.53. The van der Waals surface area contributed by atoms with E-state index in [1.807, 2.05) is 6.07 Å². The summed E-state index contributed by atoms with van der Waals surface area (Å²) >= 11 is 0. The van der Waals surface area contributed by atoms with Crippen LogP contribution in [0.5, 0.6) is 11.5 Å². The Hall–Kier alpha value is -1.77. The van der Waals surface area contributed by atoms with Gasteiger partial charge in [0.05, 0.1) is 12.5 Å². The minimum atomic E-state index is -0.108. The maximum Gasteiger partial charge on any atom is 0.166 e. The van der Waals surface area contributed by atoms with Crippen molar-refractivity contribution in [3.63, 3.8) is 0 Å². The van der Waals surface area contributed by atoms with Gasteiger partial charge in [-0.15, -0.1) is 0 Å². The summed E-state index contributed by atoms with van der Waals surface area (Å²) in [4.78, 5) is 11.8. The third-order valence-corrected chi connectivity index (χ3v) is 4.97. The average Bonchev–Trinajstić information content (AvgIpc) is 2.66. The summed E-state index contributed by atoms with van der Waals surface area (Å²) in [5.74, 6) is 1.83. The zero-order valence-corrected chi connectivity index (χ0v) is 11.6. The highest BCUT2D eigenvalue weighted by Gasteiger charge is 2.52. The van der Waals surface area contributed by atoms with Gasteiger partial charge < -0.3 is 9.47 Å². The first-order valence-corrected chi connectivity index (χ1v) is 7.34. The molecule has 3 nitrogen and oxygen atoms in total. The van der Waals surface area contributed by atoms with Gasteiger partial charge in [0.1, 0.15) is 6.10 Å². The monoisotopic (exact) mass is 270 g/mol. The van der Waals surface area contributed by atoms with Gasteiger partial charge in [-0.25, -0.2) is 0 Å². The average molecular weight is 270 g/mol. The molecule has 0 fully saturated rings. The van der Waals surface area contributed by atoms with Crippen LogP contribution in [0.2, 0.25) is 0 Å². The third-order valence-electron chi connectivity index (χ3n) is 4.97. The van der Waals surface area contributed by atoms with Gasteiger partial charge in [0.25, 0.3) is 0 Å². The highest BCUT2D eigenvalue weighted by molar-refractivity contribution is 5.92. The molecule has 3 heteroatoms. The van der Waals surface area contributed by atoms with Crippen molar-refractivity contribution in [3.05, 3.63) is 35.4 Å². The van der Waals surface area contributed by atoms with Gasteiger partial charge in [0, 0.05) is 12.0 Å². The van der Waals surface area contributed by atoms with Crippen LogP contribution in [0.4, 0.5) is 0 Å². The molecule has 1 spiro atoms. The Bertz CT molecular complexity index is 617. The molecule has 104 valence electrons. The molecule has 4 rings (SSSR count). The second-order valence-corrected chi connectivity index (χ2v) is 5.99. The number of allylic oxidation sites excluding steroid dienone is 1. The lowest BCUT2D eigenvalue weighted by Gasteiger charge is -2.33. The molecule has 2 aliphatic carbocycles. The van der Waals surface area contributed by atoms with Gasteiger partial charge in [-0.05, 0) is 37.0 Å². The van der Waals surface area contributed by atoms with E-state index in [0.717, 1.165) is 24.3 Å². The fraction of sp³-hybridized carbons (Fsp3) is 0.471. The maximum absolute atomic E-state index is 11.8. The molecule has 0 amide bonds. The van der Waals surface area contributed by atoms with Crippen LogP contribution in [-0.4, -0.2) is 19.0 Å². The van der Waals surface area contributed by atoms with E-state index in [-0.39, 0.29) is 17.3 Å². The fourth-order valence-corrected chi connectivity index (χ4v) is 4.02. The highest BCUT2D eigenvalue weighted by Crippen LogP contribution is 2.55. The highest BCUT2D eigenvalue weighted by atomic mass is 16.5. The van der Waals surface area contributed by atoms with Crippen LogP contribution in [0.3, 0.4) is 0 Å². The number of carbonyl (C=O) groups is 1. The molecule has 0 N–H and O–H groups in total. The lowest BCUT2D eigenvalue weighted by molar-refractivity contribution is -0.117. The first-order chi connectivity index (χ1) is 9.74. The minimum absolute atomic E-state index is 0.0526. The number of carbonyl (C=O) groups excluding carboxylic acids is 1. The predicted octanol–water partition coefficient (Wildman–Crippen LogP) is 2.95. The van der Waals surface area contributed by atoms with Crippen LogP contribution in [0, 0.1) is 0 Å². The quantitative estimate of drug-likeness (QED) is 0.787. The predicted molar refractivity (Wildman–Crippen MR) is 75.4 cm³/mol. The van der Waals surface area contributed by atoms with Crippen molar-refractivity contribution in [1.29, 1.82) is 0 Å². The number of benzene rings is 1. The topological polar surface area (TPSA) is 35.5 Å². The van der Waals surface area contributed by atoms with Crippen LogP contribution in [0.1, 0.15) is 36.8 Å². The van der Waals surface area contributed by atoms with Crippen LogP contribution < -0.4 is 9.47 Å². The van der Waals surface area contributed by atoms with E-state index in [1.165, 1.54) is 24.0 Å². The van der Waals surface area contributed by atoms with Gasteiger partial charge in [-0.1, -0.05) is 18.6 Å². The Morgan fingerprint density at radius 2 is 2.25 bits per heavy atom. The molecule has 2 unspecified atom stereocenters. The summed E-state index contributed by atoms with van der Waals surface area (Å²) in [6.45, 7) is 0. The molecular formula is C17H18O3. The van der Waals surface area contributed by atoms with Crippen LogP contribution in [0.15, 0.2) is 24.3 Å². The van der Waals surface area contributed by atoms with E-state index in [2.05, 4.69) is 12.1 Å². The first kappa shape index (κ1) is 12.0. The zero-order chi connectivity index (χ0) is 13.7. The standard InChI is InChI=1S/C17H18O3/c1-19-13-6-5-11-4-2-3-8-17-9-7-12(18)10-14(17)20-16(13)15(11)17/h5-7,9,14H,2-4,8,10H2,1H3. The molecule has 1 aromatic carbocycles. The number of hydrogen-bond acceptors (Lipinski definition) is 3. The number of hydrogen-bond donors (Lipinski definition) is 0. The largest absolute Gasteiger partial charge is 0.493 e. The van der Waals surface area contributed by atoms with E-state index >= 15 is 0 Å². The minimum Gasteiger partial charge on any atom is -0.493 e. The van der Waals surface area contributed by atoms with Crippen molar-refractivity contribution in [2.45, 2.75) is 43.6 Å². The number of ether oxygens (including phenoxy) is 2. The molecule has 1 aromatic rings. The summed E-state index contributed by atoms with van der Waals surface area (Å²) in [7, 11) is 1.67. The lowest BCUT2D eigenvalue weighted by atomic mass is 9.69. The fourth-order valence-electron chi connectivity index (χ4n) is 4.02. The van der Waals surface area contributed by atoms with Gasteiger partial charge in [-0.2, -0.15) is 0 Å². The molecule has 2 atom stereocenters. The molecule has 0 saturated carbocycles. The van der Waals surface area contributed by atoms with Crippen LogP contribution >= 0.6 is 0 Å². The molecule has 0 radical (unpaired) electrons. The van der Waals surface area contributed by atoms with Gasteiger partial charge in [0.15, 0.2) is 17.3 Å². The van der Waals surface area contributed by atoms with Gasteiger partial charge in [0.2, 0.25) is 0 Å². The first-order valence-electron chi connectivity index (χ1n) is 7.34. The van der Waals surface area contributed by atoms with Gasteiger partial charge >= 0.3 is 0 Å². The summed E-state index contributed by atoms with van der Waals surface area (Å²) in [6, 6.07) is 4.16. The second-order valence-electron chi connectivity index (χ2n) is 5.99. The second kappa shape index (κ2) is 4.11. The number of methoxy groups -OCH3 is 1. The van der Waals surface area contributed by atoms with Crippen molar-refractivity contribution < 1.29 is 14.3 Å². The Labute approximate surface area is 118 Å². The van der Waals surface area contributed by atoms with Crippen molar-refractivity contribution in [2.24, 2.45) is 0 Å². The number of aryl methyl sites for hydroxylation is 1. The lowest BCUT2D eigenvalue weighted by Crippen LogP contribution is -2.40. The molecule has 1 aliphatic heterocycles. The zero-order valence-electron chi connectivity index (χ0n) is 11.6. The Kier molecular flexibility index (Phi) is 2.47. The molecule has 0 bridgehead atoms. The van der Waals surface area contributed by atoms with E-state index in [9.17, 15) is 4.79 Å². The SMILES string of the molecule is COc1ccc2c3c1OC1CC(=O)C=CC31CCCC2. The van der Waals surface area contributed by atoms with Crippen molar-refractivity contribution in [2.75, 3.05) is 7.11 Å². The number of ketones is 1. The van der Waals surface area contributed by atoms with Gasteiger partial charge in [-0.3, -0.25) is 4.79 Å². The van der Waals surface area contributed by atoms with Crippen LogP contribution in [0.25, 0.3) is 0 Å². The summed E-state index contributed by atoms with van der Waals surface area (Å²) in [5, 5.41) is 0.